The smallest absolute Gasteiger partial charge is 0.263 e. The van der Waals surface area contributed by atoms with Gasteiger partial charge in [0.25, 0.3) is 15.9 Å². The minimum Gasteiger partial charge on any atom is -0.322 e. The fourth-order valence-electron chi connectivity index (χ4n) is 2.59. The van der Waals surface area contributed by atoms with Crippen molar-refractivity contribution in [2.24, 2.45) is 0 Å². The van der Waals surface area contributed by atoms with Gasteiger partial charge >= 0.3 is 0 Å². The molecule has 2 N–H and O–H groups in total. The van der Waals surface area contributed by atoms with Gasteiger partial charge in [0, 0.05) is 16.9 Å². The van der Waals surface area contributed by atoms with E-state index in [0.29, 0.717) is 11.4 Å². The number of sulfonamides is 1. The molecule has 5 nitrogen and oxygen atoms in total. The molecule has 0 radical (unpaired) electrons. The Morgan fingerprint density at radius 2 is 1.61 bits per heavy atom. The van der Waals surface area contributed by atoms with Crippen molar-refractivity contribution in [3.8, 4) is 0 Å². The van der Waals surface area contributed by atoms with Crippen LogP contribution < -0.4 is 10.0 Å². The SMILES string of the molecule is Cc1ccc(NS(=O)(=O)c2cc(C(=O)Nc3ccccc3C)ccc2Cl)cc1. The van der Waals surface area contributed by atoms with Gasteiger partial charge < -0.3 is 5.32 Å². The molecule has 0 atom stereocenters. The Morgan fingerprint density at radius 1 is 0.929 bits per heavy atom. The predicted octanol–water partition coefficient (Wildman–Crippen LogP) is 5.01. The number of halogens is 1. The van der Waals surface area contributed by atoms with E-state index in [0.717, 1.165) is 11.1 Å². The first-order chi connectivity index (χ1) is 13.3. The van der Waals surface area contributed by atoms with E-state index in [1.54, 1.807) is 30.3 Å². The molecule has 0 aliphatic rings. The van der Waals surface area contributed by atoms with Crippen molar-refractivity contribution in [3.63, 3.8) is 0 Å². The van der Waals surface area contributed by atoms with E-state index in [9.17, 15) is 13.2 Å². The summed E-state index contributed by atoms with van der Waals surface area (Å²) < 4.78 is 28.0. The molecule has 3 aromatic carbocycles. The number of para-hydroxylation sites is 1. The molecule has 0 heterocycles. The zero-order chi connectivity index (χ0) is 20.3. The van der Waals surface area contributed by atoms with Gasteiger partial charge in [0.1, 0.15) is 4.90 Å². The van der Waals surface area contributed by atoms with Gasteiger partial charge in [-0.3, -0.25) is 9.52 Å². The highest BCUT2D eigenvalue weighted by Gasteiger charge is 2.20. The number of carbonyl (C=O) groups is 1. The first kappa shape index (κ1) is 19.9. The third-order valence-corrected chi connectivity index (χ3v) is 6.04. The second-order valence-electron chi connectivity index (χ2n) is 6.39. The normalized spacial score (nSPS) is 11.1. The number of carbonyl (C=O) groups excluding carboxylic acids is 1. The Hall–Kier alpha value is -2.83. The van der Waals surface area contributed by atoms with E-state index in [4.69, 9.17) is 11.6 Å². The van der Waals surface area contributed by atoms with Crippen molar-refractivity contribution in [2.75, 3.05) is 10.0 Å². The average molecular weight is 415 g/mol. The van der Waals surface area contributed by atoms with Crippen molar-refractivity contribution in [1.82, 2.24) is 0 Å². The van der Waals surface area contributed by atoms with E-state index in [-0.39, 0.29) is 15.5 Å². The predicted molar refractivity (Wildman–Crippen MR) is 113 cm³/mol. The fraction of sp³-hybridized carbons (Fsp3) is 0.0952. The van der Waals surface area contributed by atoms with Crippen LogP contribution >= 0.6 is 11.6 Å². The second kappa shape index (κ2) is 8.04. The topological polar surface area (TPSA) is 75.3 Å². The largest absolute Gasteiger partial charge is 0.322 e. The lowest BCUT2D eigenvalue weighted by atomic mass is 10.1. The van der Waals surface area contributed by atoms with Crippen LogP contribution in [0.1, 0.15) is 21.5 Å². The second-order valence-corrected chi connectivity index (χ2v) is 8.44. The molecule has 0 unspecified atom stereocenters. The number of anilines is 2. The van der Waals surface area contributed by atoms with Crippen molar-refractivity contribution >= 4 is 38.9 Å². The third kappa shape index (κ3) is 4.52. The maximum absolute atomic E-state index is 12.8. The summed E-state index contributed by atoms with van der Waals surface area (Å²) in [4.78, 5) is 12.4. The number of hydrogen-bond donors (Lipinski definition) is 2. The molecule has 0 fully saturated rings. The molecule has 0 spiro atoms. The van der Waals surface area contributed by atoms with Gasteiger partial charge in [-0.2, -0.15) is 0 Å². The summed E-state index contributed by atoms with van der Waals surface area (Å²) in [5, 5.41) is 2.82. The zero-order valence-electron chi connectivity index (χ0n) is 15.4. The molecule has 0 bridgehead atoms. The van der Waals surface area contributed by atoms with Crippen LogP contribution in [0, 0.1) is 13.8 Å². The van der Waals surface area contributed by atoms with Crippen LogP contribution in [-0.2, 0) is 10.0 Å². The van der Waals surface area contributed by atoms with Crippen molar-refractivity contribution in [3.05, 3.63) is 88.4 Å². The Morgan fingerprint density at radius 3 is 2.29 bits per heavy atom. The molecular weight excluding hydrogens is 396 g/mol. The van der Waals surface area contributed by atoms with Crippen LogP contribution in [0.25, 0.3) is 0 Å². The Labute approximate surface area is 169 Å². The first-order valence-electron chi connectivity index (χ1n) is 8.52. The summed E-state index contributed by atoms with van der Waals surface area (Å²) in [6.07, 6.45) is 0. The van der Waals surface area contributed by atoms with Crippen LogP contribution in [0.2, 0.25) is 5.02 Å². The standard InChI is InChI=1S/C21H19ClN2O3S/c1-14-7-10-17(11-8-14)24-28(26,27)20-13-16(9-12-18(20)22)21(25)23-19-6-4-3-5-15(19)2/h3-13,24H,1-2H3,(H,23,25). The Bertz CT molecular complexity index is 1130. The quantitative estimate of drug-likeness (QED) is 0.616. The number of hydrogen-bond acceptors (Lipinski definition) is 3. The first-order valence-corrected chi connectivity index (χ1v) is 10.4. The van der Waals surface area contributed by atoms with Gasteiger partial charge in [-0.1, -0.05) is 47.5 Å². The summed E-state index contributed by atoms with van der Waals surface area (Å²) >= 11 is 6.11. The molecule has 0 saturated carbocycles. The summed E-state index contributed by atoms with van der Waals surface area (Å²) in [7, 11) is -3.96. The summed E-state index contributed by atoms with van der Waals surface area (Å²) in [5.74, 6) is -0.419. The van der Waals surface area contributed by atoms with Crippen molar-refractivity contribution in [2.45, 2.75) is 18.7 Å². The molecule has 3 rings (SSSR count). The van der Waals surface area contributed by atoms with Gasteiger partial charge in [-0.25, -0.2) is 8.42 Å². The highest BCUT2D eigenvalue weighted by Crippen LogP contribution is 2.26. The van der Waals surface area contributed by atoms with E-state index < -0.39 is 15.9 Å². The van der Waals surface area contributed by atoms with Crippen LogP contribution in [0.5, 0.6) is 0 Å². The molecule has 0 saturated heterocycles. The van der Waals surface area contributed by atoms with Gasteiger partial charge in [0.05, 0.1) is 5.02 Å². The number of amides is 1. The molecule has 0 aliphatic carbocycles. The maximum atomic E-state index is 12.8. The van der Waals surface area contributed by atoms with Crippen molar-refractivity contribution in [1.29, 1.82) is 0 Å². The number of nitrogens with one attached hydrogen (secondary N) is 2. The van der Waals surface area contributed by atoms with Crippen LogP contribution in [0.3, 0.4) is 0 Å². The fourth-order valence-corrected chi connectivity index (χ4v) is 4.18. The maximum Gasteiger partial charge on any atom is 0.263 e. The Balaban J connectivity index is 1.89. The van der Waals surface area contributed by atoms with E-state index in [1.165, 1.54) is 18.2 Å². The van der Waals surface area contributed by atoms with Gasteiger partial charge in [0.15, 0.2) is 0 Å². The Kier molecular flexibility index (Phi) is 5.72. The van der Waals surface area contributed by atoms with Gasteiger partial charge in [0.2, 0.25) is 0 Å². The minimum absolute atomic E-state index is 0.0343. The van der Waals surface area contributed by atoms with E-state index in [1.807, 2.05) is 32.0 Å². The summed E-state index contributed by atoms with van der Waals surface area (Å²) in [6.45, 7) is 3.78. The van der Waals surface area contributed by atoms with Crippen LogP contribution in [0.4, 0.5) is 11.4 Å². The average Bonchev–Trinajstić information content (AvgIpc) is 2.65. The lowest BCUT2D eigenvalue weighted by molar-refractivity contribution is 0.102. The molecule has 0 aliphatic heterocycles. The highest BCUT2D eigenvalue weighted by molar-refractivity contribution is 7.92. The van der Waals surface area contributed by atoms with Crippen molar-refractivity contribution < 1.29 is 13.2 Å². The zero-order valence-corrected chi connectivity index (χ0v) is 16.9. The van der Waals surface area contributed by atoms with Gasteiger partial charge in [-0.15, -0.1) is 0 Å². The lowest BCUT2D eigenvalue weighted by Crippen LogP contribution is -2.16. The molecule has 144 valence electrons. The summed E-state index contributed by atoms with van der Waals surface area (Å²) in [5.41, 5.74) is 3.17. The third-order valence-electron chi connectivity index (χ3n) is 4.18. The minimum atomic E-state index is -3.96. The van der Waals surface area contributed by atoms with Crippen LogP contribution in [0.15, 0.2) is 71.6 Å². The molecule has 7 heteroatoms. The summed E-state index contributed by atoms with van der Waals surface area (Å²) in [6, 6.07) is 18.4. The van der Waals surface area contributed by atoms with E-state index >= 15 is 0 Å². The highest BCUT2D eigenvalue weighted by atomic mass is 35.5. The molecule has 1 amide bonds. The molecule has 3 aromatic rings. The number of benzene rings is 3. The molecule has 28 heavy (non-hydrogen) atoms. The van der Waals surface area contributed by atoms with E-state index in [2.05, 4.69) is 10.0 Å². The number of aryl methyl sites for hydroxylation is 2. The van der Waals surface area contributed by atoms with Gasteiger partial charge in [-0.05, 0) is 55.8 Å². The molecule has 0 aromatic heterocycles. The molecular formula is C21H19ClN2O3S. The number of rotatable bonds is 5. The van der Waals surface area contributed by atoms with Crippen LogP contribution in [-0.4, -0.2) is 14.3 Å². The lowest BCUT2D eigenvalue weighted by Gasteiger charge is -2.12. The monoisotopic (exact) mass is 414 g/mol.